The molecular formula is C10H11NO3. The maximum Gasteiger partial charge on any atom is 0.341 e. The average molecular weight is 193 g/mol. The molecule has 1 aliphatic carbocycles. The number of carbonyl (C=O) groups is 1. The van der Waals surface area contributed by atoms with Crippen molar-refractivity contribution in [2.45, 2.75) is 19.3 Å². The first-order valence-electron chi connectivity index (χ1n) is 4.62. The first-order valence-corrected chi connectivity index (χ1v) is 4.62. The second-order valence-electron chi connectivity index (χ2n) is 3.66. The molecule has 2 N–H and O–H groups in total. The van der Waals surface area contributed by atoms with E-state index in [9.17, 15) is 9.59 Å². The monoisotopic (exact) mass is 193 g/mol. The van der Waals surface area contributed by atoms with Crippen LogP contribution in [0.2, 0.25) is 0 Å². The van der Waals surface area contributed by atoms with E-state index in [1.54, 1.807) is 6.07 Å². The molecule has 4 heteroatoms. The van der Waals surface area contributed by atoms with E-state index >= 15 is 0 Å². The number of hydrogen-bond acceptors (Lipinski definition) is 2. The summed E-state index contributed by atoms with van der Waals surface area (Å²) < 4.78 is 0. The van der Waals surface area contributed by atoms with Gasteiger partial charge >= 0.3 is 5.97 Å². The van der Waals surface area contributed by atoms with Crippen LogP contribution in [0.3, 0.4) is 0 Å². The van der Waals surface area contributed by atoms with Crippen molar-refractivity contribution in [3.63, 3.8) is 0 Å². The standard InChI is InChI=1S/C10H11NO3/c12-9-8(10(13)14)7(3-4-11-9)5-6-1-2-6/h3-4,6H,1-2,5H2,(H,11,12)(H,13,14). The van der Waals surface area contributed by atoms with Crippen LogP contribution in [0.25, 0.3) is 0 Å². The van der Waals surface area contributed by atoms with Crippen LogP contribution in [0.1, 0.15) is 28.8 Å². The van der Waals surface area contributed by atoms with Crippen LogP contribution >= 0.6 is 0 Å². The highest BCUT2D eigenvalue weighted by Gasteiger charge is 2.24. The average Bonchev–Trinajstić information content (AvgIpc) is 2.87. The number of pyridine rings is 1. The van der Waals surface area contributed by atoms with E-state index in [1.807, 2.05) is 0 Å². The molecule has 0 spiro atoms. The predicted molar refractivity (Wildman–Crippen MR) is 50.5 cm³/mol. The van der Waals surface area contributed by atoms with E-state index in [0.717, 1.165) is 12.8 Å². The van der Waals surface area contributed by atoms with Crippen molar-refractivity contribution >= 4 is 5.97 Å². The molecule has 0 amide bonds. The van der Waals surface area contributed by atoms with Crippen LogP contribution in [0.4, 0.5) is 0 Å². The third kappa shape index (κ3) is 1.69. The highest BCUT2D eigenvalue weighted by atomic mass is 16.4. The summed E-state index contributed by atoms with van der Waals surface area (Å²) in [5, 5.41) is 8.86. The van der Waals surface area contributed by atoms with Crippen molar-refractivity contribution in [1.82, 2.24) is 4.98 Å². The molecule has 0 atom stereocenters. The fourth-order valence-corrected chi connectivity index (χ4v) is 1.56. The summed E-state index contributed by atoms with van der Waals surface area (Å²) in [5.74, 6) is -0.558. The Morgan fingerprint density at radius 2 is 2.29 bits per heavy atom. The summed E-state index contributed by atoms with van der Waals surface area (Å²) in [4.78, 5) is 24.5. The molecule has 0 aromatic carbocycles. The number of aromatic amines is 1. The molecule has 0 bridgehead atoms. The third-order valence-corrected chi connectivity index (χ3v) is 2.47. The van der Waals surface area contributed by atoms with Crippen molar-refractivity contribution in [2.75, 3.05) is 0 Å². The molecule has 1 aromatic heterocycles. The van der Waals surface area contributed by atoms with Crippen LogP contribution in [0.5, 0.6) is 0 Å². The Morgan fingerprint density at radius 1 is 1.57 bits per heavy atom. The van der Waals surface area contributed by atoms with Gasteiger partial charge in [0, 0.05) is 6.20 Å². The number of nitrogens with one attached hydrogen (secondary N) is 1. The molecule has 74 valence electrons. The lowest BCUT2D eigenvalue weighted by atomic mass is 10.0. The van der Waals surface area contributed by atoms with E-state index in [1.165, 1.54) is 6.20 Å². The lowest BCUT2D eigenvalue weighted by molar-refractivity contribution is 0.0693. The largest absolute Gasteiger partial charge is 0.477 e. The van der Waals surface area contributed by atoms with E-state index < -0.39 is 11.5 Å². The second kappa shape index (κ2) is 3.29. The van der Waals surface area contributed by atoms with Gasteiger partial charge in [0.1, 0.15) is 5.56 Å². The lowest BCUT2D eigenvalue weighted by Crippen LogP contribution is -2.20. The Hall–Kier alpha value is -1.58. The fourth-order valence-electron chi connectivity index (χ4n) is 1.56. The summed E-state index contributed by atoms with van der Waals surface area (Å²) in [6.45, 7) is 0. The maximum absolute atomic E-state index is 11.2. The van der Waals surface area contributed by atoms with Gasteiger partial charge in [-0.15, -0.1) is 0 Å². The van der Waals surface area contributed by atoms with Crippen molar-refractivity contribution in [3.8, 4) is 0 Å². The molecule has 0 saturated heterocycles. The minimum atomic E-state index is -1.14. The maximum atomic E-state index is 11.2. The van der Waals surface area contributed by atoms with Gasteiger partial charge in [0.2, 0.25) is 0 Å². The first-order chi connectivity index (χ1) is 6.68. The second-order valence-corrected chi connectivity index (χ2v) is 3.66. The zero-order valence-corrected chi connectivity index (χ0v) is 7.62. The number of carboxylic acid groups (broad SMARTS) is 1. The Labute approximate surface area is 80.6 Å². The van der Waals surface area contributed by atoms with Crippen LogP contribution in [0.15, 0.2) is 17.1 Å². The Bertz CT molecular complexity index is 418. The first kappa shape index (κ1) is 8.99. The minimum Gasteiger partial charge on any atom is -0.477 e. The Kier molecular flexibility index (Phi) is 2.11. The summed E-state index contributed by atoms with van der Waals surface area (Å²) in [5.41, 5.74) is 0.0544. The number of H-pyrrole nitrogens is 1. The summed E-state index contributed by atoms with van der Waals surface area (Å²) >= 11 is 0. The van der Waals surface area contributed by atoms with Gasteiger partial charge < -0.3 is 10.1 Å². The van der Waals surface area contributed by atoms with E-state index in [4.69, 9.17) is 5.11 Å². The number of rotatable bonds is 3. The molecule has 14 heavy (non-hydrogen) atoms. The molecule has 1 aromatic rings. The van der Waals surface area contributed by atoms with Crippen molar-refractivity contribution < 1.29 is 9.90 Å². The van der Waals surface area contributed by atoms with Crippen LogP contribution in [-0.2, 0) is 6.42 Å². The van der Waals surface area contributed by atoms with Gasteiger partial charge in [0.25, 0.3) is 5.56 Å². The summed E-state index contributed by atoms with van der Waals surface area (Å²) in [6.07, 6.45) is 4.51. The van der Waals surface area contributed by atoms with Gasteiger partial charge in [-0.25, -0.2) is 4.79 Å². The van der Waals surface area contributed by atoms with E-state index in [0.29, 0.717) is 17.9 Å². The number of carboxylic acids is 1. The molecule has 2 rings (SSSR count). The Balaban J connectivity index is 2.40. The summed E-state index contributed by atoms with van der Waals surface area (Å²) in [6, 6.07) is 1.68. The summed E-state index contributed by atoms with van der Waals surface area (Å²) in [7, 11) is 0. The van der Waals surface area contributed by atoms with Gasteiger partial charge in [-0.05, 0) is 36.8 Å². The SMILES string of the molecule is O=C(O)c1c(CC2CC2)cc[nH]c1=O. The van der Waals surface area contributed by atoms with Crippen LogP contribution in [0, 0.1) is 5.92 Å². The molecule has 1 saturated carbocycles. The highest BCUT2D eigenvalue weighted by Crippen LogP contribution is 2.32. The van der Waals surface area contributed by atoms with Gasteiger partial charge in [-0.2, -0.15) is 0 Å². The van der Waals surface area contributed by atoms with Crippen LogP contribution < -0.4 is 5.56 Å². The quantitative estimate of drug-likeness (QED) is 0.753. The molecular weight excluding hydrogens is 182 g/mol. The van der Waals surface area contributed by atoms with Gasteiger partial charge in [0.05, 0.1) is 0 Å². The van der Waals surface area contributed by atoms with Gasteiger partial charge in [0.15, 0.2) is 0 Å². The van der Waals surface area contributed by atoms with Crippen molar-refractivity contribution in [1.29, 1.82) is 0 Å². The smallest absolute Gasteiger partial charge is 0.341 e. The molecule has 0 unspecified atom stereocenters. The third-order valence-electron chi connectivity index (χ3n) is 2.47. The van der Waals surface area contributed by atoms with E-state index in [2.05, 4.69) is 4.98 Å². The van der Waals surface area contributed by atoms with Crippen molar-refractivity contribution in [2.24, 2.45) is 5.92 Å². The number of aromatic nitrogens is 1. The lowest BCUT2D eigenvalue weighted by Gasteiger charge is -2.02. The molecule has 0 aliphatic heterocycles. The molecule has 1 heterocycles. The topological polar surface area (TPSA) is 70.2 Å². The Morgan fingerprint density at radius 3 is 2.86 bits per heavy atom. The van der Waals surface area contributed by atoms with Gasteiger partial charge in [-0.3, -0.25) is 4.79 Å². The number of hydrogen-bond donors (Lipinski definition) is 2. The zero-order chi connectivity index (χ0) is 10.1. The molecule has 0 radical (unpaired) electrons. The predicted octanol–water partition coefficient (Wildman–Crippen LogP) is 1.03. The molecule has 4 nitrogen and oxygen atoms in total. The van der Waals surface area contributed by atoms with E-state index in [-0.39, 0.29) is 5.56 Å². The highest BCUT2D eigenvalue weighted by molar-refractivity contribution is 5.88. The molecule has 1 fully saturated rings. The normalized spacial score (nSPS) is 15.4. The van der Waals surface area contributed by atoms with Gasteiger partial charge in [-0.1, -0.05) is 0 Å². The minimum absolute atomic E-state index is 0.0978. The fraction of sp³-hybridized carbons (Fsp3) is 0.400. The van der Waals surface area contributed by atoms with Crippen LogP contribution in [-0.4, -0.2) is 16.1 Å². The van der Waals surface area contributed by atoms with Crippen molar-refractivity contribution in [3.05, 3.63) is 33.7 Å². The zero-order valence-electron chi connectivity index (χ0n) is 7.62. The number of aromatic carboxylic acids is 1. The molecule has 1 aliphatic rings.